The van der Waals surface area contributed by atoms with E-state index in [0.717, 1.165) is 67.5 Å². The second-order valence-electron chi connectivity index (χ2n) is 11.2. The molecule has 1 spiro atoms. The number of unbranched alkanes of at least 4 members (excludes halogenated alkanes) is 1. The van der Waals surface area contributed by atoms with Gasteiger partial charge in [0.05, 0.1) is 11.5 Å². The summed E-state index contributed by atoms with van der Waals surface area (Å²) in [4.78, 5) is 20.1. The summed E-state index contributed by atoms with van der Waals surface area (Å²) in [5, 5.41) is 3.88. The van der Waals surface area contributed by atoms with Crippen LogP contribution in [-0.2, 0) is 32.7 Å². The summed E-state index contributed by atoms with van der Waals surface area (Å²) in [7, 11) is -3.98. The molecule has 10 heteroatoms. The van der Waals surface area contributed by atoms with Crippen LogP contribution in [0, 0.1) is 13.8 Å². The second kappa shape index (κ2) is 12.4. The smallest absolute Gasteiger partial charge is 0.273 e. The van der Waals surface area contributed by atoms with Crippen LogP contribution in [-0.4, -0.2) is 42.4 Å². The third-order valence-corrected chi connectivity index (χ3v) is 9.87. The van der Waals surface area contributed by atoms with E-state index in [1.165, 1.54) is 0 Å². The van der Waals surface area contributed by atoms with Gasteiger partial charge in [-0.2, -0.15) is 4.99 Å². The molecule has 1 amide bonds. The van der Waals surface area contributed by atoms with Crippen molar-refractivity contribution in [1.29, 1.82) is 0 Å². The number of aromatic nitrogens is 1. The maximum absolute atomic E-state index is 13.6. The molecule has 1 N–H and O–H groups in total. The van der Waals surface area contributed by atoms with Gasteiger partial charge < -0.3 is 14.2 Å². The number of aryl methyl sites for hydroxylation is 1. The molecule has 1 aliphatic carbocycles. The number of sulfonamides is 1. The average molecular weight is 593 g/mol. The first-order valence-electron chi connectivity index (χ1n) is 14.8. The maximum atomic E-state index is 13.6. The quantitative estimate of drug-likeness (QED) is 0.254. The van der Waals surface area contributed by atoms with E-state index in [1.54, 1.807) is 26.0 Å². The molecule has 2 aliphatic rings. The van der Waals surface area contributed by atoms with E-state index in [0.29, 0.717) is 36.6 Å². The molecule has 224 valence electrons. The fourth-order valence-electron chi connectivity index (χ4n) is 6.00. The summed E-state index contributed by atoms with van der Waals surface area (Å²) < 4.78 is 40.8. The minimum absolute atomic E-state index is 0.00133. The lowest BCUT2D eigenvalue weighted by atomic mass is 9.93. The largest absolute Gasteiger partial charge is 0.377 e. The maximum Gasteiger partial charge on any atom is 0.273 e. The van der Waals surface area contributed by atoms with Crippen molar-refractivity contribution >= 4 is 27.6 Å². The van der Waals surface area contributed by atoms with Crippen LogP contribution in [0.1, 0.15) is 81.2 Å². The van der Waals surface area contributed by atoms with Gasteiger partial charge in [-0.1, -0.05) is 67.7 Å². The normalized spacial score (nSPS) is 16.4. The molecule has 0 atom stereocenters. The predicted molar refractivity (Wildman–Crippen MR) is 163 cm³/mol. The number of amides is 1. The Hall–Kier alpha value is -3.50. The number of rotatable bonds is 12. The third-order valence-electron chi connectivity index (χ3n) is 8.47. The lowest BCUT2D eigenvalue weighted by Crippen LogP contribution is -2.49. The van der Waals surface area contributed by atoms with Crippen LogP contribution in [0.4, 0.5) is 5.82 Å². The molecule has 9 nitrogen and oxygen atoms in total. The van der Waals surface area contributed by atoms with Gasteiger partial charge in [0.2, 0.25) is 0 Å². The first-order chi connectivity index (χ1) is 20.2. The van der Waals surface area contributed by atoms with Gasteiger partial charge in [-0.25, -0.2) is 8.42 Å². The summed E-state index contributed by atoms with van der Waals surface area (Å²) in [5.41, 5.74) is 3.35. The number of nitrogens with zero attached hydrogens (tertiary/aromatic N) is 3. The SMILES string of the molecule is CCCCC1=NC(=O)C2(CCCC2)N1Cc1ccc(-c2ccccc2S(=O)(=O)Nc2noc(C)c2C)c(COCC)c1. The molecule has 2 aromatic carbocycles. The molecule has 0 bridgehead atoms. The van der Waals surface area contributed by atoms with Gasteiger partial charge in [0.25, 0.3) is 15.9 Å². The van der Waals surface area contributed by atoms with Crippen LogP contribution in [0.3, 0.4) is 0 Å². The van der Waals surface area contributed by atoms with E-state index < -0.39 is 15.6 Å². The van der Waals surface area contributed by atoms with Crippen LogP contribution in [0.15, 0.2) is 56.9 Å². The van der Waals surface area contributed by atoms with Crippen molar-refractivity contribution in [2.75, 3.05) is 11.3 Å². The highest BCUT2D eigenvalue weighted by Crippen LogP contribution is 2.42. The zero-order valence-corrected chi connectivity index (χ0v) is 25.7. The fraction of sp³-hybridized carbons (Fsp3) is 0.469. The van der Waals surface area contributed by atoms with Crippen molar-refractivity contribution < 1.29 is 22.5 Å². The van der Waals surface area contributed by atoms with Crippen molar-refractivity contribution in [3.8, 4) is 11.1 Å². The van der Waals surface area contributed by atoms with E-state index in [4.69, 9.17) is 9.26 Å². The monoisotopic (exact) mass is 592 g/mol. The minimum Gasteiger partial charge on any atom is -0.377 e. The van der Waals surface area contributed by atoms with Gasteiger partial charge in [0, 0.05) is 30.7 Å². The summed E-state index contributed by atoms with van der Waals surface area (Å²) >= 11 is 0. The first-order valence-corrected chi connectivity index (χ1v) is 16.3. The minimum atomic E-state index is -3.98. The second-order valence-corrected chi connectivity index (χ2v) is 12.9. The number of carbonyl (C=O) groups is 1. The molecule has 1 fully saturated rings. The molecule has 42 heavy (non-hydrogen) atoms. The van der Waals surface area contributed by atoms with Crippen molar-refractivity contribution in [1.82, 2.24) is 10.1 Å². The molecule has 1 aromatic heterocycles. The molecule has 2 heterocycles. The average Bonchev–Trinajstić information content (AvgIpc) is 3.67. The van der Waals surface area contributed by atoms with Crippen LogP contribution >= 0.6 is 0 Å². The molecular weight excluding hydrogens is 552 g/mol. The molecule has 0 unspecified atom stereocenters. The van der Waals surface area contributed by atoms with Crippen LogP contribution in [0.5, 0.6) is 0 Å². The zero-order valence-electron chi connectivity index (χ0n) is 24.9. The highest BCUT2D eigenvalue weighted by molar-refractivity contribution is 7.92. The Kier molecular flexibility index (Phi) is 8.84. The fourth-order valence-corrected chi connectivity index (χ4v) is 7.28. The van der Waals surface area contributed by atoms with Crippen molar-refractivity contribution in [2.45, 2.75) is 96.2 Å². The Morgan fingerprint density at radius 1 is 1.07 bits per heavy atom. The van der Waals surface area contributed by atoms with Gasteiger partial charge in [-0.15, -0.1) is 0 Å². The van der Waals surface area contributed by atoms with Gasteiger partial charge in [-0.05, 0) is 62.8 Å². The Balaban J connectivity index is 1.51. The molecular formula is C32H40N4O5S. The molecule has 0 saturated heterocycles. The molecule has 1 saturated carbocycles. The Morgan fingerprint density at radius 3 is 2.52 bits per heavy atom. The molecule has 3 aromatic rings. The summed E-state index contributed by atoms with van der Waals surface area (Å²) in [5.74, 6) is 1.62. The molecule has 0 radical (unpaired) electrons. The van der Waals surface area contributed by atoms with E-state index in [9.17, 15) is 13.2 Å². The van der Waals surface area contributed by atoms with Crippen molar-refractivity contribution in [3.63, 3.8) is 0 Å². The van der Waals surface area contributed by atoms with E-state index >= 15 is 0 Å². The van der Waals surface area contributed by atoms with E-state index in [1.807, 2.05) is 31.2 Å². The van der Waals surface area contributed by atoms with E-state index in [2.05, 4.69) is 32.8 Å². The Labute approximate surface area is 248 Å². The number of nitrogens with one attached hydrogen (secondary N) is 1. The van der Waals surface area contributed by atoms with Crippen LogP contribution in [0.25, 0.3) is 11.1 Å². The number of hydrogen-bond acceptors (Lipinski definition) is 7. The highest BCUT2D eigenvalue weighted by Gasteiger charge is 2.51. The van der Waals surface area contributed by atoms with Gasteiger partial charge >= 0.3 is 0 Å². The number of ether oxygens (including phenoxy) is 1. The third kappa shape index (κ3) is 5.74. The summed E-state index contributed by atoms with van der Waals surface area (Å²) in [6.07, 6.45) is 6.53. The number of anilines is 1. The number of hydrogen-bond donors (Lipinski definition) is 1. The number of benzene rings is 2. The standard InChI is InChI=1S/C32H40N4O5S/c1-5-7-14-29-33-31(37)32(17-10-11-18-32)36(29)20-24-15-16-26(25(19-24)21-40-6-2)27-12-8-9-13-28(27)42(38,39)35-30-22(3)23(4)41-34-30/h8-9,12-13,15-16,19H,5-7,10-11,14,17-18,20-21H2,1-4H3,(H,34,35). The van der Waals surface area contributed by atoms with Crippen molar-refractivity contribution in [3.05, 3.63) is 64.9 Å². The van der Waals surface area contributed by atoms with E-state index in [-0.39, 0.29) is 16.6 Å². The Bertz CT molecular complexity index is 1590. The Morgan fingerprint density at radius 2 is 1.83 bits per heavy atom. The lowest BCUT2D eigenvalue weighted by Gasteiger charge is -2.36. The molecule has 1 aliphatic heterocycles. The van der Waals surface area contributed by atoms with Crippen molar-refractivity contribution in [2.24, 2.45) is 4.99 Å². The number of aliphatic imine (C=N–C) groups is 1. The predicted octanol–water partition coefficient (Wildman–Crippen LogP) is 6.54. The molecule has 5 rings (SSSR count). The first kappa shape index (κ1) is 30.0. The summed E-state index contributed by atoms with van der Waals surface area (Å²) in [6.45, 7) is 8.99. The van der Waals surface area contributed by atoms with Gasteiger partial charge in [0.1, 0.15) is 17.1 Å². The number of amidine groups is 1. The topological polar surface area (TPSA) is 114 Å². The van der Waals surface area contributed by atoms with Gasteiger partial charge in [0.15, 0.2) is 5.82 Å². The lowest BCUT2D eigenvalue weighted by molar-refractivity contribution is -0.125. The summed E-state index contributed by atoms with van der Waals surface area (Å²) in [6, 6.07) is 13.0. The zero-order chi connectivity index (χ0) is 29.9. The van der Waals surface area contributed by atoms with Gasteiger partial charge in [-0.3, -0.25) is 9.52 Å². The van der Waals surface area contributed by atoms with Crippen LogP contribution < -0.4 is 4.72 Å². The highest BCUT2D eigenvalue weighted by atomic mass is 32.2. The van der Waals surface area contributed by atoms with Crippen LogP contribution in [0.2, 0.25) is 0 Å². The number of carbonyl (C=O) groups excluding carboxylic acids is 1.